The number of amides is 3. The number of rotatable bonds is 5. The fourth-order valence-electron chi connectivity index (χ4n) is 2.04. The van der Waals surface area contributed by atoms with Crippen LogP contribution in [0.5, 0.6) is 0 Å². The van der Waals surface area contributed by atoms with Gasteiger partial charge < -0.3 is 16.0 Å². The Bertz CT molecular complexity index is 486. The molecule has 5 nitrogen and oxygen atoms in total. The number of urea groups is 1. The second-order valence-electron chi connectivity index (χ2n) is 4.85. The van der Waals surface area contributed by atoms with E-state index in [0.717, 1.165) is 18.4 Å². The molecule has 0 aliphatic rings. The molecule has 0 saturated heterocycles. The Morgan fingerprint density at radius 2 is 2.00 bits per heavy atom. The molecule has 110 valence electrons. The van der Waals surface area contributed by atoms with E-state index in [1.165, 1.54) is 0 Å². The molecule has 3 N–H and O–H groups in total. The molecular weight excluding hydrogens is 254 g/mol. The third-order valence-electron chi connectivity index (χ3n) is 3.15. The van der Waals surface area contributed by atoms with Crippen LogP contribution in [0.4, 0.5) is 10.5 Å². The third kappa shape index (κ3) is 4.26. The fraction of sp³-hybridized carbons (Fsp3) is 0.467. The lowest BCUT2D eigenvalue weighted by atomic mass is 10.1. The van der Waals surface area contributed by atoms with E-state index in [1.54, 1.807) is 25.2 Å². The van der Waals surface area contributed by atoms with Gasteiger partial charge in [-0.1, -0.05) is 19.4 Å². The number of hydrogen-bond acceptors (Lipinski definition) is 2. The summed E-state index contributed by atoms with van der Waals surface area (Å²) in [5, 5.41) is 8.24. The van der Waals surface area contributed by atoms with Gasteiger partial charge in [0.15, 0.2) is 0 Å². The van der Waals surface area contributed by atoms with Crippen LogP contribution in [0.3, 0.4) is 0 Å². The van der Waals surface area contributed by atoms with Crippen LogP contribution in [0.25, 0.3) is 0 Å². The maximum Gasteiger partial charge on any atom is 0.319 e. The van der Waals surface area contributed by atoms with Gasteiger partial charge in [-0.15, -0.1) is 0 Å². The van der Waals surface area contributed by atoms with Crippen molar-refractivity contribution in [1.82, 2.24) is 10.6 Å². The smallest absolute Gasteiger partial charge is 0.319 e. The molecular formula is C15H23N3O2. The minimum absolute atomic E-state index is 0.127. The third-order valence-corrected chi connectivity index (χ3v) is 3.15. The van der Waals surface area contributed by atoms with Crippen LogP contribution in [0.15, 0.2) is 18.2 Å². The predicted molar refractivity (Wildman–Crippen MR) is 81.1 cm³/mol. The molecule has 0 unspecified atom stereocenters. The number of anilines is 1. The zero-order chi connectivity index (χ0) is 15.1. The number of carbonyl (C=O) groups excluding carboxylic acids is 2. The first-order chi connectivity index (χ1) is 9.49. The van der Waals surface area contributed by atoms with E-state index in [1.807, 2.05) is 13.8 Å². The van der Waals surface area contributed by atoms with Crippen molar-refractivity contribution in [3.05, 3.63) is 29.3 Å². The summed E-state index contributed by atoms with van der Waals surface area (Å²) in [4.78, 5) is 23.6. The van der Waals surface area contributed by atoms with Crippen LogP contribution < -0.4 is 16.0 Å². The summed E-state index contributed by atoms with van der Waals surface area (Å²) < 4.78 is 0. The number of carbonyl (C=O) groups is 2. The van der Waals surface area contributed by atoms with Crippen molar-refractivity contribution in [3.8, 4) is 0 Å². The highest BCUT2D eigenvalue weighted by Crippen LogP contribution is 2.18. The Morgan fingerprint density at radius 1 is 1.30 bits per heavy atom. The fourth-order valence-corrected chi connectivity index (χ4v) is 2.04. The van der Waals surface area contributed by atoms with Crippen LogP contribution in [0.1, 0.15) is 42.6 Å². The summed E-state index contributed by atoms with van der Waals surface area (Å²) in [6.07, 6.45) is 1.96. The summed E-state index contributed by atoms with van der Waals surface area (Å²) in [5.41, 5.74) is 1.96. The van der Waals surface area contributed by atoms with Gasteiger partial charge in [0, 0.05) is 24.3 Å². The Morgan fingerprint density at radius 3 is 2.60 bits per heavy atom. The van der Waals surface area contributed by atoms with Crippen LogP contribution in [0, 0.1) is 6.92 Å². The molecule has 3 amide bonds. The molecule has 5 heteroatoms. The lowest BCUT2D eigenvalue weighted by molar-refractivity contribution is 0.0962. The van der Waals surface area contributed by atoms with Crippen molar-refractivity contribution >= 4 is 17.6 Å². The molecule has 0 aliphatic carbocycles. The van der Waals surface area contributed by atoms with E-state index < -0.39 is 0 Å². The standard InChI is InChI=1S/C15H23N3O2/c1-5-7-10(2)17-15(20)18-13-9-6-8-12(11(13)3)14(19)16-4/h6,8-10H,5,7H2,1-4H3,(H,16,19)(H2,17,18,20)/t10-/m1/s1. The SMILES string of the molecule is CCC[C@@H](C)NC(=O)Nc1cccc(C(=O)NC)c1C. The first kappa shape index (κ1) is 16.0. The average molecular weight is 277 g/mol. The highest BCUT2D eigenvalue weighted by Gasteiger charge is 2.12. The van der Waals surface area contributed by atoms with E-state index in [4.69, 9.17) is 0 Å². The van der Waals surface area contributed by atoms with Gasteiger partial charge in [0.1, 0.15) is 0 Å². The van der Waals surface area contributed by atoms with Gasteiger partial charge in [0.2, 0.25) is 0 Å². The molecule has 0 fully saturated rings. The Balaban J connectivity index is 2.78. The van der Waals surface area contributed by atoms with Gasteiger partial charge in [-0.05, 0) is 38.0 Å². The molecule has 1 rings (SSSR count). The molecule has 0 radical (unpaired) electrons. The molecule has 20 heavy (non-hydrogen) atoms. The molecule has 0 heterocycles. The van der Waals surface area contributed by atoms with E-state index >= 15 is 0 Å². The molecule has 0 aromatic heterocycles. The Hall–Kier alpha value is -2.04. The van der Waals surface area contributed by atoms with Gasteiger partial charge >= 0.3 is 6.03 Å². The van der Waals surface area contributed by atoms with Crippen LogP contribution in [-0.4, -0.2) is 25.0 Å². The monoisotopic (exact) mass is 277 g/mol. The Kier molecular flexibility index (Phi) is 6.03. The maximum absolute atomic E-state index is 11.9. The second kappa shape index (κ2) is 7.53. The lowest BCUT2D eigenvalue weighted by Crippen LogP contribution is -2.36. The van der Waals surface area contributed by atoms with Crippen molar-refractivity contribution < 1.29 is 9.59 Å². The summed E-state index contributed by atoms with van der Waals surface area (Å²) in [7, 11) is 1.58. The first-order valence-electron chi connectivity index (χ1n) is 6.88. The zero-order valence-corrected chi connectivity index (χ0v) is 12.5. The summed E-state index contributed by atoms with van der Waals surface area (Å²) in [6.45, 7) is 5.86. The molecule has 1 aromatic rings. The molecule has 0 spiro atoms. The van der Waals surface area contributed by atoms with E-state index in [-0.39, 0.29) is 18.0 Å². The van der Waals surface area contributed by atoms with Gasteiger partial charge in [0.05, 0.1) is 0 Å². The second-order valence-corrected chi connectivity index (χ2v) is 4.85. The minimum atomic E-state index is -0.247. The summed E-state index contributed by atoms with van der Waals surface area (Å²) in [5.74, 6) is -0.161. The number of hydrogen-bond donors (Lipinski definition) is 3. The predicted octanol–water partition coefficient (Wildman–Crippen LogP) is 2.66. The molecule has 0 bridgehead atoms. The molecule has 1 atom stereocenters. The van der Waals surface area contributed by atoms with Crippen molar-refractivity contribution in [2.45, 2.75) is 39.7 Å². The summed E-state index contributed by atoms with van der Waals surface area (Å²) >= 11 is 0. The molecule has 0 aliphatic heterocycles. The topological polar surface area (TPSA) is 70.2 Å². The van der Waals surface area contributed by atoms with Crippen molar-refractivity contribution in [2.75, 3.05) is 12.4 Å². The van der Waals surface area contributed by atoms with Crippen LogP contribution in [-0.2, 0) is 0 Å². The van der Waals surface area contributed by atoms with Gasteiger partial charge in [-0.3, -0.25) is 4.79 Å². The van der Waals surface area contributed by atoms with Gasteiger partial charge in [0.25, 0.3) is 5.91 Å². The van der Waals surface area contributed by atoms with Crippen LogP contribution >= 0.6 is 0 Å². The lowest BCUT2D eigenvalue weighted by Gasteiger charge is -2.15. The maximum atomic E-state index is 11.9. The van der Waals surface area contributed by atoms with E-state index in [0.29, 0.717) is 11.3 Å². The average Bonchev–Trinajstić information content (AvgIpc) is 2.40. The van der Waals surface area contributed by atoms with Gasteiger partial charge in [-0.25, -0.2) is 4.79 Å². The van der Waals surface area contributed by atoms with Crippen molar-refractivity contribution in [2.24, 2.45) is 0 Å². The number of nitrogens with one attached hydrogen (secondary N) is 3. The quantitative estimate of drug-likeness (QED) is 0.774. The highest BCUT2D eigenvalue weighted by molar-refractivity contribution is 5.98. The first-order valence-corrected chi connectivity index (χ1v) is 6.88. The van der Waals surface area contributed by atoms with E-state index in [9.17, 15) is 9.59 Å². The Labute approximate surface area is 120 Å². The highest BCUT2D eigenvalue weighted by atomic mass is 16.2. The van der Waals surface area contributed by atoms with E-state index in [2.05, 4.69) is 22.9 Å². The van der Waals surface area contributed by atoms with Crippen molar-refractivity contribution in [1.29, 1.82) is 0 Å². The van der Waals surface area contributed by atoms with Gasteiger partial charge in [-0.2, -0.15) is 0 Å². The minimum Gasteiger partial charge on any atom is -0.355 e. The molecule has 1 aromatic carbocycles. The van der Waals surface area contributed by atoms with Crippen molar-refractivity contribution in [3.63, 3.8) is 0 Å². The normalized spacial score (nSPS) is 11.6. The van der Waals surface area contributed by atoms with Crippen LogP contribution in [0.2, 0.25) is 0 Å². The largest absolute Gasteiger partial charge is 0.355 e. The summed E-state index contributed by atoms with van der Waals surface area (Å²) in [6, 6.07) is 5.15. The number of benzene rings is 1. The zero-order valence-electron chi connectivity index (χ0n) is 12.5. The molecule has 0 saturated carbocycles.